The van der Waals surface area contributed by atoms with Crippen LogP contribution in [0.1, 0.15) is 34.5 Å². The molecule has 0 spiro atoms. The molecule has 1 saturated heterocycles. The lowest BCUT2D eigenvalue weighted by molar-refractivity contribution is 0.0793. The Morgan fingerprint density at radius 2 is 1.96 bits per heavy atom. The molecule has 0 bridgehead atoms. The molecule has 1 N–H and O–H groups in total. The molecule has 1 fully saturated rings. The predicted octanol–water partition coefficient (Wildman–Crippen LogP) is 3.50. The van der Waals surface area contributed by atoms with E-state index in [0.717, 1.165) is 31.5 Å². The maximum absolute atomic E-state index is 12.9. The van der Waals surface area contributed by atoms with Gasteiger partial charge in [-0.2, -0.15) is 0 Å². The van der Waals surface area contributed by atoms with Gasteiger partial charge in [0.2, 0.25) is 0 Å². The van der Waals surface area contributed by atoms with Crippen molar-refractivity contribution < 1.29 is 4.79 Å². The molecular formula is C21H21ClN4O2. The number of anilines is 1. The topological polar surface area (TPSA) is 66.7 Å². The van der Waals surface area contributed by atoms with Gasteiger partial charge >= 0.3 is 0 Å². The first kappa shape index (κ1) is 18.5. The summed E-state index contributed by atoms with van der Waals surface area (Å²) in [6, 6.07) is 10.5. The van der Waals surface area contributed by atoms with Crippen LogP contribution in [0.15, 0.2) is 47.4 Å². The van der Waals surface area contributed by atoms with Crippen LogP contribution in [0, 0.1) is 6.92 Å². The molecule has 28 heavy (non-hydrogen) atoms. The summed E-state index contributed by atoms with van der Waals surface area (Å²) in [6.45, 7) is 3.81. The number of pyridine rings is 1. The molecule has 0 radical (unpaired) electrons. The van der Waals surface area contributed by atoms with E-state index < -0.39 is 0 Å². The fourth-order valence-corrected chi connectivity index (χ4v) is 3.64. The number of hydrogen-bond acceptors (Lipinski definition) is 4. The Morgan fingerprint density at radius 1 is 1.18 bits per heavy atom. The summed E-state index contributed by atoms with van der Waals surface area (Å²) in [5.74, 6) is -0.0236. The largest absolute Gasteiger partial charge is 0.379 e. The van der Waals surface area contributed by atoms with Crippen molar-refractivity contribution in [2.24, 2.45) is 0 Å². The Hall–Kier alpha value is -2.86. The van der Waals surface area contributed by atoms with Crippen LogP contribution >= 0.6 is 11.6 Å². The number of aryl methyl sites for hydroxylation is 1. The quantitative estimate of drug-likeness (QED) is 0.732. The van der Waals surface area contributed by atoms with Gasteiger partial charge in [0.25, 0.3) is 11.5 Å². The molecule has 1 aromatic carbocycles. The van der Waals surface area contributed by atoms with Crippen LogP contribution < -0.4 is 10.9 Å². The number of carbonyl (C=O) groups excluding carboxylic acids is 1. The van der Waals surface area contributed by atoms with Gasteiger partial charge in [0, 0.05) is 36.1 Å². The second-order valence-corrected chi connectivity index (χ2v) is 7.50. The van der Waals surface area contributed by atoms with Gasteiger partial charge in [-0.1, -0.05) is 17.7 Å². The zero-order valence-electron chi connectivity index (χ0n) is 15.6. The summed E-state index contributed by atoms with van der Waals surface area (Å²) in [6.07, 6.45) is 3.83. The molecule has 3 heterocycles. The second kappa shape index (κ2) is 7.64. The summed E-state index contributed by atoms with van der Waals surface area (Å²) in [4.78, 5) is 31.6. The van der Waals surface area contributed by atoms with E-state index in [-0.39, 0.29) is 11.5 Å². The molecule has 0 saturated carbocycles. The highest BCUT2D eigenvalue weighted by Gasteiger charge is 2.22. The van der Waals surface area contributed by atoms with Crippen molar-refractivity contribution in [1.82, 2.24) is 14.3 Å². The van der Waals surface area contributed by atoms with Crippen molar-refractivity contribution in [2.75, 3.05) is 18.4 Å². The summed E-state index contributed by atoms with van der Waals surface area (Å²) in [5.41, 5.74) is 3.31. The Balaban J connectivity index is 1.60. The average molecular weight is 397 g/mol. The summed E-state index contributed by atoms with van der Waals surface area (Å²) in [5, 5.41) is 3.77. The van der Waals surface area contributed by atoms with Gasteiger partial charge in [0.15, 0.2) is 0 Å². The number of carbonyl (C=O) groups is 1. The van der Waals surface area contributed by atoms with E-state index in [0.29, 0.717) is 34.2 Å². The maximum atomic E-state index is 12.9. The number of fused-ring (bicyclic) bond motifs is 1. The Labute approximate surface area is 167 Å². The molecule has 6 nitrogen and oxygen atoms in total. The molecule has 3 aromatic rings. The molecule has 1 amide bonds. The summed E-state index contributed by atoms with van der Waals surface area (Å²) < 4.78 is 1.53. The number of aromatic nitrogens is 2. The van der Waals surface area contributed by atoms with Crippen molar-refractivity contribution in [3.63, 3.8) is 0 Å². The molecule has 144 valence electrons. The molecule has 0 unspecified atom stereocenters. The lowest BCUT2D eigenvalue weighted by atomic mass is 10.1. The van der Waals surface area contributed by atoms with E-state index in [1.54, 1.807) is 24.4 Å². The molecule has 0 atom stereocenters. The zero-order chi connectivity index (χ0) is 19.7. The highest BCUT2D eigenvalue weighted by atomic mass is 35.5. The van der Waals surface area contributed by atoms with Gasteiger partial charge in [-0.3, -0.25) is 14.0 Å². The minimum atomic E-state index is -0.130. The SMILES string of the molecule is Cc1ccc2nc(CNc3ccc(Cl)cc3C(=O)N3CCCC3)cc(=O)n2c1. The molecule has 1 aliphatic heterocycles. The monoisotopic (exact) mass is 396 g/mol. The minimum absolute atomic E-state index is 0.0236. The number of likely N-dealkylation sites (tertiary alicyclic amines) is 1. The van der Waals surface area contributed by atoms with E-state index in [1.807, 2.05) is 24.0 Å². The number of amides is 1. The first-order chi connectivity index (χ1) is 13.5. The van der Waals surface area contributed by atoms with Crippen molar-refractivity contribution in [1.29, 1.82) is 0 Å². The van der Waals surface area contributed by atoms with Crippen molar-refractivity contribution in [3.8, 4) is 0 Å². The molecule has 1 aliphatic rings. The number of nitrogens with one attached hydrogen (secondary N) is 1. The Morgan fingerprint density at radius 3 is 2.75 bits per heavy atom. The number of nitrogens with zero attached hydrogens (tertiary/aromatic N) is 3. The summed E-state index contributed by atoms with van der Waals surface area (Å²) >= 11 is 6.13. The smallest absolute Gasteiger partial charge is 0.258 e. The van der Waals surface area contributed by atoms with Crippen LogP contribution in [-0.4, -0.2) is 33.3 Å². The lowest BCUT2D eigenvalue weighted by Gasteiger charge is -2.18. The van der Waals surface area contributed by atoms with Gasteiger partial charge < -0.3 is 10.2 Å². The standard InChI is InChI=1S/C21H21ClN4O2/c1-14-4-7-19-24-16(11-20(27)26(19)13-14)12-23-18-6-5-15(22)10-17(18)21(28)25-8-2-3-9-25/h4-7,10-11,13,23H,2-3,8-9,12H2,1H3. The van der Waals surface area contributed by atoms with Crippen LogP contribution in [0.25, 0.3) is 5.65 Å². The van der Waals surface area contributed by atoms with Crippen molar-refractivity contribution in [3.05, 3.63) is 74.8 Å². The van der Waals surface area contributed by atoms with Gasteiger partial charge in [-0.05, 0) is 49.6 Å². The van der Waals surface area contributed by atoms with E-state index in [1.165, 1.54) is 10.5 Å². The highest BCUT2D eigenvalue weighted by molar-refractivity contribution is 6.31. The Bertz CT molecular complexity index is 1100. The third-order valence-corrected chi connectivity index (χ3v) is 5.16. The summed E-state index contributed by atoms with van der Waals surface area (Å²) in [7, 11) is 0. The van der Waals surface area contributed by atoms with E-state index in [9.17, 15) is 9.59 Å². The van der Waals surface area contributed by atoms with Crippen LogP contribution in [0.2, 0.25) is 5.02 Å². The van der Waals surface area contributed by atoms with Crippen molar-refractivity contribution >= 4 is 28.8 Å². The highest BCUT2D eigenvalue weighted by Crippen LogP contribution is 2.24. The first-order valence-corrected chi connectivity index (χ1v) is 9.71. The molecule has 2 aromatic heterocycles. The molecule has 0 aliphatic carbocycles. The van der Waals surface area contributed by atoms with E-state index >= 15 is 0 Å². The van der Waals surface area contributed by atoms with Crippen LogP contribution in [-0.2, 0) is 6.54 Å². The Kier molecular flexibility index (Phi) is 5.05. The average Bonchev–Trinajstić information content (AvgIpc) is 3.22. The van der Waals surface area contributed by atoms with Gasteiger partial charge in [0.1, 0.15) is 5.65 Å². The number of hydrogen-bond donors (Lipinski definition) is 1. The lowest BCUT2D eigenvalue weighted by Crippen LogP contribution is -2.28. The van der Waals surface area contributed by atoms with Crippen LogP contribution in [0.5, 0.6) is 0 Å². The second-order valence-electron chi connectivity index (χ2n) is 7.06. The van der Waals surface area contributed by atoms with Gasteiger partial charge in [-0.15, -0.1) is 0 Å². The predicted molar refractivity (Wildman–Crippen MR) is 110 cm³/mol. The third kappa shape index (κ3) is 3.73. The minimum Gasteiger partial charge on any atom is -0.379 e. The number of halogens is 1. The van der Waals surface area contributed by atoms with Crippen LogP contribution in [0.3, 0.4) is 0 Å². The van der Waals surface area contributed by atoms with Gasteiger partial charge in [-0.25, -0.2) is 4.98 Å². The molecular weight excluding hydrogens is 376 g/mol. The fourth-order valence-electron chi connectivity index (χ4n) is 3.47. The molecule has 7 heteroatoms. The maximum Gasteiger partial charge on any atom is 0.258 e. The normalized spacial score (nSPS) is 13.9. The van der Waals surface area contributed by atoms with E-state index in [4.69, 9.17) is 11.6 Å². The van der Waals surface area contributed by atoms with Crippen molar-refractivity contribution in [2.45, 2.75) is 26.3 Å². The molecule has 4 rings (SSSR count). The zero-order valence-corrected chi connectivity index (χ0v) is 16.4. The third-order valence-electron chi connectivity index (χ3n) is 4.93. The van der Waals surface area contributed by atoms with E-state index in [2.05, 4.69) is 10.3 Å². The van der Waals surface area contributed by atoms with Crippen LogP contribution in [0.4, 0.5) is 5.69 Å². The number of benzene rings is 1. The fraction of sp³-hybridized carbons (Fsp3) is 0.286. The van der Waals surface area contributed by atoms with Gasteiger partial charge in [0.05, 0.1) is 17.8 Å². The first-order valence-electron chi connectivity index (χ1n) is 9.33. The number of rotatable bonds is 4.